The van der Waals surface area contributed by atoms with Crippen molar-refractivity contribution in [3.05, 3.63) is 28.8 Å². The van der Waals surface area contributed by atoms with Crippen molar-refractivity contribution in [2.24, 2.45) is 0 Å². The molecule has 0 atom stereocenters. The van der Waals surface area contributed by atoms with Crippen molar-refractivity contribution >= 4 is 0 Å². The summed E-state index contributed by atoms with van der Waals surface area (Å²) in [6, 6.07) is 4.24. The van der Waals surface area contributed by atoms with Gasteiger partial charge in [-0.1, -0.05) is 38.5 Å². The van der Waals surface area contributed by atoms with Gasteiger partial charge >= 0.3 is 0 Å². The van der Waals surface area contributed by atoms with Gasteiger partial charge < -0.3 is 5.11 Å². The summed E-state index contributed by atoms with van der Waals surface area (Å²) in [4.78, 5) is 2.43. The summed E-state index contributed by atoms with van der Waals surface area (Å²) in [6.07, 6.45) is 2.58. The van der Waals surface area contributed by atoms with E-state index < -0.39 is 0 Å². The fourth-order valence-corrected chi connectivity index (χ4v) is 2.73. The summed E-state index contributed by atoms with van der Waals surface area (Å²) in [5.74, 6) is 0.500. The van der Waals surface area contributed by atoms with Gasteiger partial charge in [0.25, 0.3) is 0 Å². The van der Waals surface area contributed by atoms with E-state index in [1.807, 2.05) is 0 Å². The molecule has 0 aliphatic carbocycles. The van der Waals surface area contributed by atoms with Gasteiger partial charge in [-0.25, -0.2) is 0 Å². The number of aromatic hydroxyl groups is 1. The molecule has 18 heavy (non-hydrogen) atoms. The van der Waals surface area contributed by atoms with Crippen molar-refractivity contribution in [2.45, 2.75) is 52.5 Å². The third-order valence-electron chi connectivity index (χ3n) is 3.73. The van der Waals surface area contributed by atoms with E-state index in [9.17, 15) is 5.11 Å². The number of phenols is 1. The lowest BCUT2D eigenvalue weighted by Crippen LogP contribution is -2.20. The van der Waals surface area contributed by atoms with Crippen LogP contribution in [0.15, 0.2) is 12.1 Å². The third kappa shape index (κ3) is 2.86. The summed E-state index contributed by atoms with van der Waals surface area (Å²) in [6.45, 7) is 11.8. The van der Waals surface area contributed by atoms with Crippen molar-refractivity contribution < 1.29 is 5.11 Å². The van der Waals surface area contributed by atoms with Crippen LogP contribution in [0.3, 0.4) is 0 Å². The fraction of sp³-hybridized carbons (Fsp3) is 0.625. The van der Waals surface area contributed by atoms with Gasteiger partial charge in [0.2, 0.25) is 0 Å². The zero-order valence-electron chi connectivity index (χ0n) is 12.1. The summed E-state index contributed by atoms with van der Waals surface area (Å²) in [5, 5.41) is 10.5. The van der Waals surface area contributed by atoms with Crippen molar-refractivity contribution in [1.82, 2.24) is 4.90 Å². The Bertz CT molecular complexity index is 425. The molecular formula is C16H25NO. The van der Waals surface area contributed by atoms with Gasteiger partial charge in [0.1, 0.15) is 5.75 Å². The van der Waals surface area contributed by atoms with E-state index in [1.165, 1.54) is 18.4 Å². The second-order valence-corrected chi connectivity index (χ2v) is 6.55. The van der Waals surface area contributed by atoms with Crippen LogP contribution in [0.25, 0.3) is 0 Å². The second kappa shape index (κ2) is 4.93. The molecular weight excluding hydrogens is 222 g/mol. The number of hydrogen-bond donors (Lipinski definition) is 1. The van der Waals surface area contributed by atoms with Crippen LogP contribution in [0.1, 0.15) is 50.3 Å². The van der Waals surface area contributed by atoms with E-state index in [0.717, 1.165) is 30.8 Å². The van der Waals surface area contributed by atoms with E-state index >= 15 is 0 Å². The molecule has 0 bridgehead atoms. The number of likely N-dealkylation sites (tertiary alicyclic amines) is 1. The minimum absolute atomic E-state index is 0.00410. The Morgan fingerprint density at radius 3 is 2.33 bits per heavy atom. The molecule has 2 rings (SSSR count). The Morgan fingerprint density at radius 2 is 1.78 bits per heavy atom. The van der Waals surface area contributed by atoms with Crippen molar-refractivity contribution in [3.63, 3.8) is 0 Å². The molecule has 0 saturated carbocycles. The largest absolute Gasteiger partial charge is 0.507 e. The van der Waals surface area contributed by atoms with E-state index in [2.05, 4.69) is 44.7 Å². The Balaban J connectivity index is 2.32. The van der Waals surface area contributed by atoms with Crippen LogP contribution in [0, 0.1) is 6.92 Å². The molecule has 0 spiro atoms. The summed E-state index contributed by atoms with van der Waals surface area (Å²) < 4.78 is 0. The highest BCUT2D eigenvalue weighted by Crippen LogP contribution is 2.35. The number of nitrogens with zero attached hydrogens (tertiary/aromatic N) is 1. The number of benzene rings is 1. The maximum atomic E-state index is 10.5. The highest BCUT2D eigenvalue weighted by molar-refractivity contribution is 5.46. The van der Waals surface area contributed by atoms with Crippen molar-refractivity contribution in [1.29, 1.82) is 0 Å². The molecule has 1 aromatic rings. The standard InChI is InChI=1S/C16H25NO/c1-12-9-13(11-17-7-5-6-8-17)15(18)14(10-12)16(2,3)4/h9-10,18H,5-8,11H2,1-4H3. The highest BCUT2D eigenvalue weighted by atomic mass is 16.3. The van der Waals surface area contributed by atoms with Gasteiger partial charge in [-0.15, -0.1) is 0 Å². The first-order chi connectivity index (χ1) is 8.38. The Morgan fingerprint density at radius 1 is 1.17 bits per heavy atom. The molecule has 1 aliphatic heterocycles. The second-order valence-electron chi connectivity index (χ2n) is 6.55. The first kappa shape index (κ1) is 13.4. The third-order valence-corrected chi connectivity index (χ3v) is 3.73. The van der Waals surface area contributed by atoms with Crippen LogP contribution in [0.4, 0.5) is 0 Å². The molecule has 0 radical (unpaired) electrons. The van der Waals surface area contributed by atoms with E-state index in [0.29, 0.717) is 5.75 Å². The fourth-order valence-electron chi connectivity index (χ4n) is 2.73. The predicted molar refractivity (Wildman–Crippen MR) is 76.1 cm³/mol. The lowest BCUT2D eigenvalue weighted by Gasteiger charge is -2.24. The number of aryl methyl sites for hydroxylation is 1. The van der Waals surface area contributed by atoms with Gasteiger partial charge in [0.05, 0.1) is 0 Å². The first-order valence-corrected chi connectivity index (χ1v) is 6.93. The summed E-state index contributed by atoms with van der Waals surface area (Å²) in [7, 11) is 0. The average molecular weight is 247 g/mol. The van der Waals surface area contributed by atoms with Crippen LogP contribution < -0.4 is 0 Å². The molecule has 0 amide bonds. The molecule has 2 nitrogen and oxygen atoms in total. The predicted octanol–water partition coefficient (Wildman–Crippen LogP) is 3.59. The maximum absolute atomic E-state index is 10.5. The molecule has 1 fully saturated rings. The van der Waals surface area contributed by atoms with Crippen molar-refractivity contribution in [3.8, 4) is 5.75 Å². The smallest absolute Gasteiger partial charge is 0.123 e. The Kier molecular flexibility index (Phi) is 3.67. The monoisotopic (exact) mass is 247 g/mol. The summed E-state index contributed by atoms with van der Waals surface area (Å²) in [5.41, 5.74) is 3.39. The molecule has 100 valence electrons. The lowest BCUT2D eigenvalue weighted by molar-refractivity contribution is 0.322. The molecule has 1 saturated heterocycles. The van der Waals surface area contributed by atoms with Gasteiger partial charge in [0.15, 0.2) is 0 Å². The zero-order chi connectivity index (χ0) is 13.3. The van der Waals surface area contributed by atoms with Crippen LogP contribution in [-0.4, -0.2) is 23.1 Å². The van der Waals surface area contributed by atoms with Crippen LogP contribution in [0.5, 0.6) is 5.75 Å². The molecule has 2 heteroatoms. The van der Waals surface area contributed by atoms with Crippen molar-refractivity contribution in [2.75, 3.05) is 13.1 Å². The quantitative estimate of drug-likeness (QED) is 0.863. The maximum Gasteiger partial charge on any atom is 0.123 e. The van der Waals surface area contributed by atoms with E-state index in [-0.39, 0.29) is 5.41 Å². The average Bonchev–Trinajstić information content (AvgIpc) is 2.74. The number of hydrogen-bond acceptors (Lipinski definition) is 2. The van der Waals surface area contributed by atoms with Gasteiger partial charge in [-0.2, -0.15) is 0 Å². The zero-order valence-corrected chi connectivity index (χ0v) is 12.1. The van der Waals surface area contributed by atoms with Crippen LogP contribution in [0.2, 0.25) is 0 Å². The number of rotatable bonds is 2. The van der Waals surface area contributed by atoms with Crippen LogP contribution in [-0.2, 0) is 12.0 Å². The molecule has 1 N–H and O–H groups in total. The first-order valence-electron chi connectivity index (χ1n) is 6.93. The minimum atomic E-state index is -0.00410. The van der Waals surface area contributed by atoms with Gasteiger partial charge in [0, 0.05) is 12.1 Å². The van der Waals surface area contributed by atoms with E-state index in [4.69, 9.17) is 0 Å². The lowest BCUT2D eigenvalue weighted by atomic mass is 9.84. The summed E-state index contributed by atoms with van der Waals surface area (Å²) >= 11 is 0. The molecule has 0 aromatic heterocycles. The van der Waals surface area contributed by atoms with Crippen LogP contribution >= 0.6 is 0 Å². The van der Waals surface area contributed by atoms with Gasteiger partial charge in [-0.05, 0) is 43.8 Å². The molecule has 0 unspecified atom stereocenters. The SMILES string of the molecule is Cc1cc(CN2CCCC2)c(O)c(C(C)(C)C)c1. The number of phenolic OH excluding ortho intramolecular Hbond substituents is 1. The topological polar surface area (TPSA) is 23.5 Å². The molecule has 1 aliphatic rings. The highest BCUT2D eigenvalue weighted by Gasteiger charge is 2.22. The Hall–Kier alpha value is -1.02. The molecule has 1 aromatic carbocycles. The Labute approximate surface area is 111 Å². The van der Waals surface area contributed by atoms with Gasteiger partial charge in [-0.3, -0.25) is 4.90 Å². The minimum Gasteiger partial charge on any atom is -0.507 e. The molecule has 1 heterocycles. The normalized spacial score (nSPS) is 17.3. The van der Waals surface area contributed by atoms with E-state index in [1.54, 1.807) is 0 Å².